The summed E-state index contributed by atoms with van der Waals surface area (Å²) in [5.74, 6) is 1.85. The summed E-state index contributed by atoms with van der Waals surface area (Å²) < 4.78 is 5.21. The van der Waals surface area contributed by atoms with E-state index in [9.17, 15) is 0 Å². The molecule has 0 unspecified atom stereocenters. The van der Waals surface area contributed by atoms with Crippen LogP contribution in [0, 0.1) is 5.92 Å². The van der Waals surface area contributed by atoms with Gasteiger partial charge in [0.25, 0.3) is 0 Å². The van der Waals surface area contributed by atoms with Crippen molar-refractivity contribution in [3.05, 3.63) is 24.2 Å². The van der Waals surface area contributed by atoms with Crippen LogP contribution in [0.25, 0.3) is 0 Å². The minimum atomic E-state index is 0.742. The predicted octanol–water partition coefficient (Wildman–Crippen LogP) is 2.87. The second-order valence-electron chi connectivity index (χ2n) is 2.80. The van der Waals surface area contributed by atoms with Crippen LogP contribution in [0.15, 0.2) is 22.8 Å². The molecule has 0 aromatic carbocycles. The lowest BCUT2D eigenvalue weighted by Crippen LogP contribution is -1.95. The van der Waals surface area contributed by atoms with Crippen molar-refractivity contribution >= 4 is 0 Å². The van der Waals surface area contributed by atoms with Gasteiger partial charge in [0, 0.05) is 6.42 Å². The van der Waals surface area contributed by atoms with Gasteiger partial charge in [0.2, 0.25) is 0 Å². The zero-order chi connectivity index (χ0) is 7.40. The van der Waals surface area contributed by atoms with Crippen molar-refractivity contribution in [2.75, 3.05) is 0 Å². The zero-order valence-electron chi connectivity index (χ0n) is 6.63. The number of rotatable bonds is 3. The molecule has 0 radical (unpaired) electrons. The highest BCUT2D eigenvalue weighted by Crippen LogP contribution is 2.10. The molecule has 0 spiro atoms. The molecule has 1 aromatic rings. The molecule has 0 aliphatic rings. The van der Waals surface area contributed by atoms with Crippen molar-refractivity contribution in [1.82, 2.24) is 0 Å². The number of furan rings is 1. The van der Waals surface area contributed by atoms with Crippen molar-refractivity contribution in [2.24, 2.45) is 5.92 Å². The number of hydrogen-bond donors (Lipinski definition) is 0. The summed E-state index contributed by atoms with van der Waals surface area (Å²) in [7, 11) is 0. The van der Waals surface area contributed by atoms with Gasteiger partial charge in [0.15, 0.2) is 0 Å². The van der Waals surface area contributed by atoms with Crippen LogP contribution in [0.5, 0.6) is 0 Å². The molecule has 1 atom stereocenters. The average molecular weight is 138 g/mol. The van der Waals surface area contributed by atoms with Crippen LogP contribution in [0.4, 0.5) is 0 Å². The summed E-state index contributed by atoms with van der Waals surface area (Å²) in [6.45, 7) is 4.44. The van der Waals surface area contributed by atoms with Crippen LogP contribution < -0.4 is 0 Å². The monoisotopic (exact) mass is 138 g/mol. The number of hydrogen-bond acceptors (Lipinski definition) is 1. The molecular formula is C9H14O. The Hall–Kier alpha value is -0.720. The summed E-state index contributed by atoms with van der Waals surface area (Å²) >= 11 is 0. The maximum Gasteiger partial charge on any atom is 0.104 e. The summed E-state index contributed by atoms with van der Waals surface area (Å²) in [6.07, 6.45) is 4.03. The Bertz CT molecular complexity index is 165. The molecule has 0 saturated carbocycles. The minimum Gasteiger partial charge on any atom is -0.469 e. The van der Waals surface area contributed by atoms with Gasteiger partial charge in [-0.15, -0.1) is 0 Å². The van der Waals surface area contributed by atoms with E-state index in [1.54, 1.807) is 6.26 Å². The molecule has 1 nitrogen and oxygen atoms in total. The zero-order valence-corrected chi connectivity index (χ0v) is 6.63. The van der Waals surface area contributed by atoms with Gasteiger partial charge < -0.3 is 4.42 Å². The van der Waals surface area contributed by atoms with E-state index < -0.39 is 0 Å². The van der Waals surface area contributed by atoms with E-state index in [-0.39, 0.29) is 0 Å². The van der Waals surface area contributed by atoms with Gasteiger partial charge in [-0.25, -0.2) is 0 Å². The van der Waals surface area contributed by atoms with Gasteiger partial charge >= 0.3 is 0 Å². The Balaban J connectivity index is 2.40. The molecule has 0 N–H and O–H groups in total. The Morgan fingerprint density at radius 1 is 1.60 bits per heavy atom. The Morgan fingerprint density at radius 2 is 2.40 bits per heavy atom. The normalized spacial score (nSPS) is 13.4. The highest BCUT2D eigenvalue weighted by atomic mass is 16.3. The molecule has 1 heteroatoms. The Labute approximate surface area is 62.1 Å². The van der Waals surface area contributed by atoms with Crippen LogP contribution >= 0.6 is 0 Å². The highest BCUT2D eigenvalue weighted by Gasteiger charge is 2.01. The summed E-state index contributed by atoms with van der Waals surface area (Å²) in [5, 5.41) is 0. The molecule has 1 aromatic heterocycles. The smallest absolute Gasteiger partial charge is 0.104 e. The van der Waals surface area contributed by atoms with Crippen molar-refractivity contribution in [3.63, 3.8) is 0 Å². The van der Waals surface area contributed by atoms with Crippen molar-refractivity contribution in [3.8, 4) is 0 Å². The fourth-order valence-corrected chi connectivity index (χ4v) is 0.917. The van der Waals surface area contributed by atoms with Gasteiger partial charge in [-0.2, -0.15) is 0 Å². The summed E-state index contributed by atoms with van der Waals surface area (Å²) in [6, 6.07) is 3.98. The molecule has 0 bridgehead atoms. The molecule has 0 aliphatic heterocycles. The molecular weight excluding hydrogens is 124 g/mol. The van der Waals surface area contributed by atoms with Gasteiger partial charge in [0.1, 0.15) is 5.76 Å². The van der Waals surface area contributed by atoms with E-state index in [1.807, 2.05) is 12.1 Å². The van der Waals surface area contributed by atoms with Crippen LogP contribution in [0.2, 0.25) is 0 Å². The first-order valence-corrected chi connectivity index (χ1v) is 3.85. The van der Waals surface area contributed by atoms with E-state index in [0.29, 0.717) is 0 Å². The fourth-order valence-electron chi connectivity index (χ4n) is 0.917. The maximum atomic E-state index is 5.21. The first kappa shape index (κ1) is 7.39. The fraction of sp³-hybridized carbons (Fsp3) is 0.556. The van der Waals surface area contributed by atoms with Crippen LogP contribution in [0.3, 0.4) is 0 Å². The lowest BCUT2D eigenvalue weighted by Gasteiger charge is -2.03. The maximum absolute atomic E-state index is 5.21. The van der Waals surface area contributed by atoms with Crippen LogP contribution in [0.1, 0.15) is 26.0 Å². The molecule has 10 heavy (non-hydrogen) atoms. The molecule has 0 fully saturated rings. The second kappa shape index (κ2) is 3.45. The molecule has 1 heterocycles. The SMILES string of the molecule is CC[C@H](C)Cc1ccco1. The van der Waals surface area contributed by atoms with Gasteiger partial charge in [0.05, 0.1) is 6.26 Å². The molecule has 0 amide bonds. The summed E-state index contributed by atoms with van der Waals surface area (Å²) in [5.41, 5.74) is 0. The van der Waals surface area contributed by atoms with Gasteiger partial charge in [-0.3, -0.25) is 0 Å². The van der Waals surface area contributed by atoms with Crippen LogP contribution in [-0.4, -0.2) is 0 Å². The molecule has 56 valence electrons. The lowest BCUT2D eigenvalue weighted by atomic mass is 10.0. The molecule has 1 rings (SSSR count). The third-order valence-corrected chi connectivity index (χ3v) is 1.83. The lowest BCUT2D eigenvalue weighted by molar-refractivity contribution is 0.450. The first-order chi connectivity index (χ1) is 4.83. The van der Waals surface area contributed by atoms with E-state index in [1.165, 1.54) is 6.42 Å². The van der Waals surface area contributed by atoms with Gasteiger partial charge in [-0.05, 0) is 18.1 Å². The minimum absolute atomic E-state index is 0.742. The predicted molar refractivity (Wildman–Crippen MR) is 41.9 cm³/mol. The first-order valence-electron chi connectivity index (χ1n) is 3.85. The largest absolute Gasteiger partial charge is 0.469 e. The van der Waals surface area contributed by atoms with Gasteiger partial charge in [-0.1, -0.05) is 20.3 Å². The molecule has 0 saturated heterocycles. The third kappa shape index (κ3) is 1.90. The highest BCUT2D eigenvalue weighted by molar-refractivity contribution is 4.98. The van der Waals surface area contributed by atoms with E-state index in [0.717, 1.165) is 18.1 Å². The van der Waals surface area contributed by atoms with Crippen molar-refractivity contribution in [1.29, 1.82) is 0 Å². The van der Waals surface area contributed by atoms with E-state index in [4.69, 9.17) is 4.42 Å². The molecule has 0 aliphatic carbocycles. The second-order valence-corrected chi connectivity index (χ2v) is 2.80. The third-order valence-electron chi connectivity index (χ3n) is 1.83. The quantitative estimate of drug-likeness (QED) is 0.626. The Morgan fingerprint density at radius 3 is 2.90 bits per heavy atom. The van der Waals surface area contributed by atoms with Crippen molar-refractivity contribution in [2.45, 2.75) is 26.7 Å². The average Bonchev–Trinajstić information content (AvgIpc) is 2.40. The van der Waals surface area contributed by atoms with E-state index >= 15 is 0 Å². The summed E-state index contributed by atoms with van der Waals surface area (Å²) in [4.78, 5) is 0. The van der Waals surface area contributed by atoms with E-state index in [2.05, 4.69) is 13.8 Å². The van der Waals surface area contributed by atoms with Crippen LogP contribution in [-0.2, 0) is 6.42 Å². The van der Waals surface area contributed by atoms with Crippen molar-refractivity contribution < 1.29 is 4.42 Å². The standard InChI is InChI=1S/C9H14O/c1-3-8(2)7-9-5-4-6-10-9/h4-6,8H,3,7H2,1-2H3/t8-/m0/s1. The topological polar surface area (TPSA) is 13.1 Å². The Kier molecular flexibility index (Phi) is 2.55.